The monoisotopic (exact) mass is 550 g/mol. The van der Waals surface area contributed by atoms with Crippen LogP contribution in [0.5, 0.6) is 0 Å². The number of benzene rings is 3. The number of fused-ring (bicyclic) bond motifs is 1. The van der Waals surface area contributed by atoms with E-state index in [0.717, 1.165) is 16.7 Å². The molecule has 3 aliphatic heterocycles. The number of carbonyl (C=O) groups is 3. The topological polar surface area (TPSA) is 98.9 Å². The summed E-state index contributed by atoms with van der Waals surface area (Å²) >= 11 is 1.46. The third kappa shape index (κ3) is 4.55. The number of rotatable bonds is 6. The molecule has 200 valence electrons. The second kappa shape index (κ2) is 10.6. The zero-order chi connectivity index (χ0) is 27.8. The van der Waals surface area contributed by atoms with E-state index in [1.54, 1.807) is 6.08 Å². The second-order valence-corrected chi connectivity index (χ2v) is 10.8. The molecule has 6 rings (SSSR count). The van der Waals surface area contributed by atoms with Crippen molar-refractivity contribution in [3.8, 4) is 0 Å². The van der Waals surface area contributed by atoms with Crippen LogP contribution in [-0.2, 0) is 23.9 Å². The first-order valence-corrected chi connectivity index (χ1v) is 13.9. The van der Waals surface area contributed by atoms with Gasteiger partial charge in [0.2, 0.25) is 5.91 Å². The Morgan fingerprint density at radius 2 is 1.55 bits per heavy atom. The second-order valence-electron chi connectivity index (χ2n) is 9.68. The third-order valence-electron chi connectivity index (χ3n) is 7.18. The summed E-state index contributed by atoms with van der Waals surface area (Å²) in [4.78, 5) is 41.1. The van der Waals surface area contributed by atoms with Crippen LogP contribution in [0.4, 0.5) is 0 Å². The number of esters is 2. The van der Waals surface area contributed by atoms with E-state index in [9.17, 15) is 14.4 Å². The standard InChI is InChI=1S/C32H26N2O5S/c1-19-24(38-31(36)25(19)20-11-5-2-6-12-20)17-23-18-40-30-26(33)29(35)34(30)27(23)32(37)39-28(21-13-7-3-8-14-21)22-15-9-4-10-16-22/h2-17,26,28,30H,18,33H2,1H3/t26-,30+/m1/s1. The summed E-state index contributed by atoms with van der Waals surface area (Å²) in [6.07, 6.45) is 0.977. The Balaban J connectivity index is 1.41. The van der Waals surface area contributed by atoms with Gasteiger partial charge in [0.15, 0.2) is 6.10 Å². The van der Waals surface area contributed by atoms with E-state index >= 15 is 0 Å². The molecule has 0 radical (unpaired) electrons. The van der Waals surface area contributed by atoms with Gasteiger partial charge in [0.25, 0.3) is 0 Å². The van der Waals surface area contributed by atoms with Gasteiger partial charge in [-0.15, -0.1) is 11.8 Å². The van der Waals surface area contributed by atoms with Crippen LogP contribution in [0.25, 0.3) is 5.57 Å². The zero-order valence-corrected chi connectivity index (χ0v) is 22.5. The van der Waals surface area contributed by atoms with Gasteiger partial charge in [0.05, 0.1) is 5.57 Å². The molecule has 2 atom stereocenters. The number of nitrogens with zero attached hydrogens (tertiary/aromatic N) is 1. The maximum atomic E-state index is 13.9. The molecule has 3 heterocycles. The summed E-state index contributed by atoms with van der Waals surface area (Å²) in [5, 5.41) is -0.369. The first-order valence-electron chi connectivity index (χ1n) is 12.9. The molecule has 40 heavy (non-hydrogen) atoms. The lowest BCUT2D eigenvalue weighted by Crippen LogP contribution is -2.68. The summed E-state index contributed by atoms with van der Waals surface area (Å²) in [5.41, 5.74) is 10.2. The SMILES string of the molecule is CC1=C(c2ccccc2)C(=O)OC1=CC1=C(C(=O)OC(c2ccccc2)c2ccccc2)N2C(=O)[C@@H](N)[C@@H]2SC1. The van der Waals surface area contributed by atoms with Crippen molar-refractivity contribution in [3.63, 3.8) is 0 Å². The Bertz CT molecular complexity index is 1540. The number of ether oxygens (including phenoxy) is 2. The van der Waals surface area contributed by atoms with Crippen molar-refractivity contribution < 1.29 is 23.9 Å². The molecule has 1 saturated heterocycles. The van der Waals surface area contributed by atoms with Gasteiger partial charge >= 0.3 is 11.9 Å². The lowest BCUT2D eigenvalue weighted by molar-refractivity contribution is -0.153. The molecule has 3 aromatic carbocycles. The van der Waals surface area contributed by atoms with E-state index < -0.39 is 24.1 Å². The number of nitrogens with two attached hydrogens (primary N) is 1. The molecule has 0 saturated carbocycles. The van der Waals surface area contributed by atoms with Gasteiger partial charge in [-0.25, -0.2) is 9.59 Å². The van der Waals surface area contributed by atoms with Gasteiger partial charge in [-0.1, -0.05) is 91.0 Å². The number of hydrogen-bond donors (Lipinski definition) is 1. The molecule has 1 fully saturated rings. The minimum atomic E-state index is -0.698. The molecule has 2 N–H and O–H groups in total. The number of allylic oxidation sites excluding steroid dienone is 2. The van der Waals surface area contributed by atoms with Crippen molar-refractivity contribution in [1.29, 1.82) is 0 Å². The molecule has 7 nitrogen and oxygen atoms in total. The number of cyclic esters (lactones) is 1. The Kier molecular flexibility index (Phi) is 6.88. The normalized spacial score (nSPS) is 21.5. The lowest BCUT2D eigenvalue weighted by Gasteiger charge is -2.48. The number of β-lactam (4-membered cyclic amide) rings is 1. The van der Waals surface area contributed by atoms with Crippen molar-refractivity contribution in [2.75, 3.05) is 5.75 Å². The van der Waals surface area contributed by atoms with Crippen LogP contribution in [-0.4, -0.2) is 39.9 Å². The summed E-state index contributed by atoms with van der Waals surface area (Å²) in [6.45, 7) is 1.81. The minimum Gasteiger partial charge on any atom is -0.448 e. The van der Waals surface area contributed by atoms with E-state index in [0.29, 0.717) is 28.2 Å². The molecular weight excluding hydrogens is 524 g/mol. The Labute approximate surface area is 236 Å². The highest BCUT2D eigenvalue weighted by Crippen LogP contribution is 2.42. The Hall–Kier alpha value is -4.40. The highest BCUT2D eigenvalue weighted by molar-refractivity contribution is 8.00. The molecule has 3 aliphatic rings. The molecule has 0 bridgehead atoms. The highest BCUT2D eigenvalue weighted by Gasteiger charge is 2.52. The van der Waals surface area contributed by atoms with Crippen LogP contribution in [0.1, 0.15) is 29.7 Å². The summed E-state index contributed by atoms with van der Waals surface area (Å²) in [6, 6.07) is 27.5. The third-order valence-corrected chi connectivity index (χ3v) is 8.50. The van der Waals surface area contributed by atoms with E-state index in [-0.39, 0.29) is 17.0 Å². The van der Waals surface area contributed by atoms with E-state index in [4.69, 9.17) is 15.2 Å². The molecule has 8 heteroatoms. The predicted molar refractivity (Wildman–Crippen MR) is 152 cm³/mol. The first-order chi connectivity index (χ1) is 19.4. The van der Waals surface area contributed by atoms with Crippen molar-refractivity contribution in [2.45, 2.75) is 24.4 Å². The molecule has 1 amide bonds. The van der Waals surface area contributed by atoms with Crippen LogP contribution in [0, 0.1) is 0 Å². The van der Waals surface area contributed by atoms with Crippen molar-refractivity contribution in [2.24, 2.45) is 5.73 Å². The van der Waals surface area contributed by atoms with Crippen molar-refractivity contribution >= 4 is 35.2 Å². The van der Waals surface area contributed by atoms with Crippen LogP contribution in [0.2, 0.25) is 0 Å². The number of carbonyl (C=O) groups excluding carboxylic acids is 3. The zero-order valence-electron chi connectivity index (χ0n) is 21.7. The molecule has 3 aromatic rings. The largest absolute Gasteiger partial charge is 0.448 e. The lowest BCUT2D eigenvalue weighted by atomic mass is 9.99. The van der Waals surface area contributed by atoms with E-state index in [1.807, 2.05) is 97.9 Å². The fourth-order valence-corrected chi connectivity index (χ4v) is 6.38. The molecule has 0 aliphatic carbocycles. The van der Waals surface area contributed by atoms with Crippen LogP contribution in [0.15, 0.2) is 120 Å². The minimum absolute atomic E-state index is 0.122. The average Bonchev–Trinajstić information content (AvgIpc) is 3.28. The Morgan fingerprint density at radius 1 is 0.975 bits per heavy atom. The van der Waals surface area contributed by atoms with Gasteiger partial charge in [-0.2, -0.15) is 0 Å². The molecule has 0 aromatic heterocycles. The summed E-state index contributed by atoms with van der Waals surface area (Å²) < 4.78 is 11.8. The van der Waals surface area contributed by atoms with Gasteiger partial charge < -0.3 is 15.2 Å². The fraction of sp³-hybridized carbons (Fsp3) is 0.156. The highest BCUT2D eigenvalue weighted by atomic mass is 32.2. The number of amides is 1. The molecular formula is C32H26N2O5S. The number of hydrogen-bond acceptors (Lipinski definition) is 7. The maximum absolute atomic E-state index is 13.9. The van der Waals surface area contributed by atoms with Crippen LogP contribution in [0.3, 0.4) is 0 Å². The molecule has 0 spiro atoms. The maximum Gasteiger partial charge on any atom is 0.356 e. The fourth-order valence-electron chi connectivity index (χ4n) is 5.13. The summed E-state index contributed by atoms with van der Waals surface area (Å²) in [7, 11) is 0. The van der Waals surface area contributed by atoms with Gasteiger partial charge in [-0.05, 0) is 35.3 Å². The Morgan fingerprint density at radius 3 is 2.15 bits per heavy atom. The predicted octanol–water partition coefficient (Wildman–Crippen LogP) is 4.73. The van der Waals surface area contributed by atoms with Crippen molar-refractivity contribution in [1.82, 2.24) is 4.90 Å². The van der Waals surface area contributed by atoms with Gasteiger partial charge in [0, 0.05) is 11.3 Å². The van der Waals surface area contributed by atoms with Gasteiger partial charge in [0.1, 0.15) is 22.9 Å². The van der Waals surface area contributed by atoms with E-state index in [1.165, 1.54) is 16.7 Å². The van der Waals surface area contributed by atoms with Crippen LogP contribution >= 0.6 is 11.8 Å². The van der Waals surface area contributed by atoms with E-state index in [2.05, 4.69) is 0 Å². The quantitative estimate of drug-likeness (QED) is 0.350. The summed E-state index contributed by atoms with van der Waals surface area (Å²) in [5.74, 6) is -0.733. The van der Waals surface area contributed by atoms with Gasteiger partial charge in [-0.3, -0.25) is 9.69 Å². The molecule has 0 unspecified atom stereocenters. The average molecular weight is 551 g/mol. The smallest absolute Gasteiger partial charge is 0.356 e. The van der Waals surface area contributed by atoms with Crippen LogP contribution < -0.4 is 5.73 Å². The first kappa shape index (κ1) is 25.9. The van der Waals surface area contributed by atoms with Crippen molar-refractivity contribution in [3.05, 3.63) is 136 Å². The number of thioether (sulfide) groups is 1.